The highest BCUT2D eigenvalue weighted by atomic mass is 32.2. The van der Waals surface area contributed by atoms with Gasteiger partial charge in [0, 0.05) is 30.4 Å². The molecule has 0 saturated carbocycles. The summed E-state index contributed by atoms with van der Waals surface area (Å²) in [5, 5.41) is 3.47. The first-order valence-corrected chi connectivity index (χ1v) is 8.11. The number of rotatable bonds is 5. The molecule has 1 aromatic heterocycles. The number of thioether (sulfide) groups is 1. The second-order valence-corrected chi connectivity index (χ2v) is 5.71. The summed E-state index contributed by atoms with van der Waals surface area (Å²) in [6, 6.07) is 14.9. The minimum Gasteiger partial charge on any atom is -0.309 e. The molecule has 0 fully saturated rings. The van der Waals surface area contributed by atoms with E-state index in [0.29, 0.717) is 0 Å². The second kappa shape index (κ2) is 6.70. The van der Waals surface area contributed by atoms with E-state index in [2.05, 4.69) is 57.9 Å². The highest BCUT2D eigenvalue weighted by Crippen LogP contribution is 2.15. The molecule has 21 heavy (non-hydrogen) atoms. The number of benzene rings is 2. The Hall–Kier alpha value is -1.91. The first-order valence-electron chi connectivity index (χ1n) is 6.88. The van der Waals surface area contributed by atoms with Crippen LogP contribution in [0.4, 0.5) is 0 Å². The number of nitrogens with zero attached hydrogens (tertiary/aromatic N) is 2. The van der Waals surface area contributed by atoms with Gasteiger partial charge in [0.15, 0.2) is 0 Å². The van der Waals surface area contributed by atoms with E-state index in [4.69, 9.17) is 0 Å². The maximum atomic E-state index is 4.33. The SMILES string of the molecule is CSc1ccc(CNCc2ccc3nccnc3c2)cc1. The van der Waals surface area contributed by atoms with E-state index in [1.165, 1.54) is 16.0 Å². The summed E-state index contributed by atoms with van der Waals surface area (Å²) < 4.78 is 0. The molecular weight excluding hydrogens is 278 g/mol. The molecule has 0 saturated heterocycles. The van der Waals surface area contributed by atoms with Crippen molar-refractivity contribution in [1.82, 2.24) is 15.3 Å². The number of hydrogen-bond donors (Lipinski definition) is 1. The largest absolute Gasteiger partial charge is 0.309 e. The number of fused-ring (bicyclic) bond motifs is 1. The van der Waals surface area contributed by atoms with Crippen LogP contribution in [0.3, 0.4) is 0 Å². The van der Waals surface area contributed by atoms with Crippen LogP contribution >= 0.6 is 11.8 Å². The molecule has 0 aliphatic heterocycles. The summed E-state index contributed by atoms with van der Waals surface area (Å²) >= 11 is 1.77. The van der Waals surface area contributed by atoms with Gasteiger partial charge in [0.05, 0.1) is 11.0 Å². The minimum atomic E-state index is 0.830. The van der Waals surface area contributed by atoms with Crippen molar-refractivity contribution >= 4 is 22.8 Å². The van der Waals surface area contributed by atoms with Gasteiger partial charge < -0.3 is 5.32 Å². The van der Waals surface area contributed by atoms with E-state index in [9.17, 15) is 0 Å². The van der Waals surface area contributed by atoms with Crippen molar-refractivity contribution in [2.45, 2.75) is 18.0 Å². The molecule has 0 amide bonds. The van der Waals surface area contributed by atoms with Crippen LogP contribution in [0.25, 0.3) is 11.0 Å². The first kappa shape index (κ1) is 14.0. The van der Waals surface area contributed by atoms with Crippen LogP contribution in [0, 0.1) is 0 Å². The summed E-state index contributed by atoms with van der Waals surface area (Å²) in [4.78, 5) is 9.91. The van der Waals surface area contributed by atoms with Gasteiger partial charge in [-0.25, -0.2) is 0 Å². The van der Waals surface area contributed by atoms with Crippen molar-refractivity contribution in [3.05, 3.63) is 66.0 Å². The van der Waals surface area contributed by atoms with Crippen LogP contribution in [0.5, 0.6) is 0 Å². The van der Waals surface area contributed by atoms with E-state index in [1.54, 1.807) is 24.2 Å². The van der Waals surface area contributed by atoms with Crippen molar-refractivity contribution in [3.8, 4) is 0 Å². The standard InChI is InChI=1S/C17H17N3S/c1-21-15-5-2-13(3-6-15)11-18-12-14-4-7-16-17(10-14)20-9-8-19-16/h2-10,18H,11-12H2,1H3. The Labute approximate surface area is 128 Å². The van der Waals surface area contributed by atoms with Crippen LogP contribution in [-0.4, -0.2) is 16.2 Å². The van der Waals surface area contributed by atoms with Gasteiger partial charge in [0.1, 0.15) is 0 Å². The molecule has 0 atom stereocenters. The van der Waals surface area contributed by atoms with Crippen LogP contribution in [-0.2, 0) is 13.1 Å². The van der Waals surface area contributed by atoms with Gasteiger partial charge in [-0.2, -0.15) is 0 Å². The highest BCUT2D eigenvalue weighted by Gasteiger charge is 1.99. The second-order valence-electron chi connectivity index (χ2n) is 4.83. The van der Waals surface area contributed by atoms with Gasteiger partial charge in [0.25, 0.3) is 0 Å². The van der Waals surface area contributed by atoms with Crippen LogP contribution in [0.15, 0.2) is 59.8 Å². The molecule has 1 N–H and O–H groups in total. The molecule has 106 valence electrons. The Morgan fingerprint density at radius 1 is 0.857 bits per heavy atom. The van der Waals surface area contributed by atoms with Crippen molar-refractivity contribution in [3.63, 3.8) is 0 Å². The lowest BCUT2D eigenvalue weighted by Crippen LogP contribution is -2.12. The fourth-order valence-electron chi connectivity index (χ4n) is 2.21. The third-order valence-corrected chi connectivity index (χ3v) is 4.09. The first-order chi connectivity index (χ1) is 10.3. The smallest absolute Gasteiger partial charge is 0.0890 e. The maximum Gasteiger partial charge on any atom is 0.0890 e. The van der Waals surface area contributed by atoms with Gasteiger partial charge in [-0.15, -0.1) is 11.8 Å². The molecular formula is C17H17N3S. The topological polar surface area (TPSA) is 37.8 Å². The molecule has 0 bridgehead atoms. The molecule has 1 heterocycles. The molecule has 0 spiro atoms. The lowest BCUT2D eigenvalue weighted by molar-refractivity contribution is 0.693. The van der Waals surface area contributed by atoms with Crippen LogP contribution in [0.1, 0.15) is 11.1 Å². The zero-order valence-corrected chi connectivity index (χ0v) is 12.7. The van der Waals surface area contributed by atoms with Gasteiger partial charge in [-0.1, -0.05) is 18.2 Å². The quantitative estimate of drug-likeness (QED) is 0.729. The van der Waals surface area contributed by atoms with Crippen LogP contribution < -0.4 is 5.32 Å². The van der Waals surface area contributed by atoms with E-state index in [0.717, 1.165) is 24.1 Å². The predicted molar refractivity (Wildman–Crippen MR) is 88.3 cm³/mol. The van der Waals surface area contributed by atoms with E-state index in [1.807, 2.05) is 6.07 Å². The fraction of sp³-hybridized carbons (Fsp3) is 0.176. The normalized spacial score (nSPS) is 10.9. The Kier molecular flexibility index (Phi) is 4.48. The summed E-state index contributed by atoms with van der Waals surface area (Å²) in [7, 11) is 0. The summed E-state index contributed by atoms with van der Waals surface area (Å²) in [5.74, 6) is 0. The average Bonchev–Trinajstić information content (AvgIpc) is 2.55. The van der Waals surface area contributed by atoms with Crippen LogP contribution in [0.2, 0.25) is 0 Å². The molecule has 2 aromatic carbocycles. The lowest BCUT2D eigenvalue weighted by Gasteiger charge is -2.06. The Bertz CT molecular complexity index is 725. The number of hydrogen-bond acceptors (Lipinski definition) is 4. The Morgan fingerprint density at radius 3 is 2.29 bits per heavy atom. The van der Waals surface area contributed by atoms with E-state index >= 15 is 0 Å². The third kappa shape index (κ3) is 3.60. The van der Waals surface area contributed by atoms with E-state index in [-0.39, 0.29) is 0 Å². The fourth-order valence-corrected chi connectivity index (χ4v) is 2.62. The predicted octanol–water partition coefficient (Wildman–Crippen LogP) is 3.64. The van der Waals surface area contributed by atoms with E-state index < -0.39 is 0 Å². The van der Waals surface area contributed by atoms with Crippen molar-refractivity contribution in [2.75, 3.05) is 6.26 Å². The van der Waals surface area contributed by atoms with Crippen molar-refractivity contribution < 1.29 is 0 Å². The number of aromatic nitrogens is 2. The summed E-state index contributed by atoms with van der Waals surface area (Å²) in [6.45, 7) is 1.70. The van der Waals surface area contributed by atoms with Crippen molar-refractivity contribution in [1.29, 1.82) is 0 Å². The molecule has 0 unspecified atom stereocenters. The maximum absolute atomic E-state index is 4.33. The van der Waals surface area contributed by atoms with Crippen molar-refractivity contribution in [2.24, 2.45) is 0 Å². The molecule has 0 radical (unpaired) electrons. The van der Waals surface area contributed by atoms with Gasteiger partial charge in [-0.3, -0.25) is 9.97 Å². The zero-order chi connectivity index (χ0) is 14.5. The molecule has 0 aliphatic carbocycles. The lowest BCUT2D eigenvalue weighted by atomic mass is 10.2. The summed E-state index contributed by atoms with van der Waals surface area (Å²) in [5.41, 5.74) is 4.41. The Balaban J connectivity index is 1.60. The monoisotopic (exact) mass is 295 g/mol. The molecule has 3 nitrogen and oxygen atoms in total. The molecule has 3 aromatic rings. The Morgan fingerprint density at radius 2 is 1.52 bits per heavy atom. The van der Waals surface area contributed by atoms with Gasteiger partial charge in [0.2, 0.25) is 0 Å². The van der Waals surface area contributed by atoms with Gasteiger partial charge in [-0.05, 0) is 41.6 Å². The third-order valence-electron chi connectivity index (χ3n) is 3.35. The zero-order valence-electron chi connectivity index (χ0n) is 11.9. The summed E-state index contributed by atoms with van der Waals surface area (Å²) in [6.07, 6.45) is 5.54. The average molecular weight is 295 g/mol. The number of nitrogens with one attached hydrogen (secondary N) is 1. The highest BCUT2D eigenvalue weighted by molar-refractivity contribution is 7.98. The molecule has 3 rings (SSSR count). The van der Waals surface area contributed by atoms with Gasteiger partial charge >= 0.3 is 0 Å². The molecule has 4 heteroatoms. The molecule has 0 aliphatic rings. The minimum absolute atomic E-state index is 0.830.